The SMILES string of the molecule is COc1ccc(NC(=O)N(C)CC2CCCN2)cc1. The van der Waals surface area contributed by atoms with E-state index in [1.807, 2.05) is 31.3 Å². The zero-order chi connectivity index (χ0) is 13.7. The molecule has 19 heavy (non-hydrogen) atoms. The predicted molar refractivity (Wildman–Crippen MR) is 75.7 cm³/mol. The monoisotopic (exact) mass is 263 g/mol. The maximum absolute atomic E-state index is 12.0. The van der Waals surface area contributed by atoms with E-state index in [-0.39, 0.29) is 6.03 Å². The standard InChI is InChI=1S/C14H21N3O2/c1-17(10-12-4-3-9-15-12)14(18)16-11-5-7-13(19-2)8-6-11/h5-8,12,15H,3-4,9-10H2,1-2H3,(H,16,18). The summed E-state index contributed by atoms with van der Waals surface area (Å²) >= 11 is 0. The molecular weight excluding hydrogens is 242 g/mol. The number of carbonyl (C=O) groups is 1. The van der Waals surface area contributed by atoms with Gasteiger partial charge in [0.1, 0.15) is 5.75 Å². The van der Waals surface area contributed by atoms with Crippen LogP contribution in [-0.4, -0.2) is 44.2 Å². The Labute approximate surface area is 113 Å². The molecule has 0 aromatic heterocycles. The Morgan fingerprint density at radius 1 is 1.47 bits per heavy atom. The Balaban J connectivity index is 1.84. The first kappa shape index (κ1) is 13.7. The van der Waals surface area contributed by atoms with Gasteiger partial charge in [-0.15, -0.1) is 0 Å². The molecule has 1 unspecified atom stereocenters. The van der Waals surface area contributed by atoms with Crippen molar-refractivity contribution in [3.05, 3.63) is 24.3 Å². The Morgan fingerprint density at radius 2 is 2.21 bits per heavy atom. The third kappa shape index (κ3) is 3.86. The fourth-order valence-corrected chi connectivity index (χ4v) is 2.22. The highest BCUT2D eigenvalue weighted by molar-refractivity contribution is 5.89. The van der Waals surface area contributed by atoms with Crippen molar-refractivity contribution in [1.29, 1.82) is 0 Å². The molecule has 2 amide bonds. The number of urea groups is 1. The summed E-state index contributed by atoms with van der Waals surface area (Å²) in [5, 5.41) is 6.25. The van der Waals surface area contributed by atoms with Gasteiger partial charge in [0.15, 0.2) is 0 Å². The molecule has 1 atom stereocenters. The third-order valence-electron chi connectivity index (χ3n) is 3.34. The van der Waals surface area contributed by atoms with Crippen molar-refractivity contribution in [2.75, 3.05) is 32.6 Å². The Kier molecular flexibility index (Phi) is 4.63. The summed E-state index contributed by atoms with van der Waals surface area (Å²) in [5.74, 6) is 0.779. The summed E-state index contributed by atoms with van der Waals surface area (Å²) < 4.78 is 5.08. The van der Waals surface area contributed by atoms with Crippen LogP contribution in [0.4, 0.5) is 10.5 Å². The van der Waals surface area contributed by atoms with Gasteiger partial charge < -0.3 is 20.3 Å². The average Bonchev–Trinajstić information content (AvgIpc) is 2.92. The second-order valence-electron chi connectivity index (χ2n) is 4.83. The second kappa shape index (κ2) is 6.43. The van der Waals surface area contributed by atoms with Crippen molar-refractivity contribution in [2.45, 2.75) is 18.9 Å². The van der Waals surface area contributed by atoms with Crippen LogP contribution >= 0.6 is 0 Å². The normalized spacial score (nSPS) is 18.1. The summed E-state index contributed by atoms with van der Waals surface area (Å²) in [6.45, 7) is 1.79. The number of carbonyl (C=O) groups excluding carboxylic acids is 1. The second-order valence-corrected chi connectivity index (χ2v) is 4.83. The molecule has 5 heteroatoms. The Hall–Kier alpha value is -1.75. The van der Waals surface area contributed by atoms with E-state index in [4.69, 9.17) is 4.74 Å². The highest BCUT2D eigenvalue weighted by Gasteiger charge is 2.18. The Morgan fingerprint density at radius 3 is 2.79 bits per heavy atom. The number of hydrogen-bond acceptors (Lipinski definition) is 3. The van der Waals surface area contributed by atoms with E-state index in [0.717, 1.165) is 30.9 Å². The quantitative estimate of drug-likeness (QED) is 0.872. The molecule has 1 aliphatic rings. The minimum absolute atomic E-state index is 0.0844. The zero-order valence-electron chi connectivity index (χ0n) is 11.5. The number of nitrogens with zero attached hydrogens (tertiary/aromatic N) is 1. The number of anilines is 1. The third-order valence-corrected chi connectivity index (χ3v) is 3.34. The predicted octanol–water partition coefficient (Wildman–Crippen LogP) is 1.91. The minimum Gasteiger partial charge on any atom is -0.497 e. The van der Waals surface area contributed by atoms with Crippen LogP contribution in [0.15, 0.2) is 24.3 Å². The first-order chi connectivity index (χ1) is 9.19. The van der Waals surface area contributed by atoms with Crippen molar-refractivity contribution in [3.63, 3.8) is 0 Å². The molecule has 0 aliphatic carbocycles. The molecule has 0 spiro atoms. The zero-order valence-corrected chi connectivity index (χ0v) is 11.5. The number of rotatable bonds is 4. The molecule has 1 heterocycles. The van der Waals surface area contributed by atoms with Gasteiger partial charge in [0, 0.05) is 25.3 Å². The van der Waals surface area contributed by atoms with Crippen LogP contribution in [0.2, 0.25) is 0 Å². The van der Waals surface area contributed by atoms with Gasteiger partial charge in [-0.2, -0.15) is 0 Å². The smallest absolute Gasteiger partial charge is 0.321 e. The highest BCUT2D eigenvalue weighted by Crippen LogP contribution is 2.15. The van der Waals surface area contributed by atoms with Crippen molar-refractivity contribution < 1.29 is 9.53 Å². The summed E-state index contributed by atoms with van der Waals surface area (Å²) in [6.07, 6.45) is 2.33. The highest BCUT2D eigenvalue weighted by atomic mass is 16.5. The van der Waals surface area contributed by atoms with E-state index < -0.39 is 0 Å². The van der Waals surface area contributed by atoms with Crippen molar-refractivity contribution in [2.24, 2.45) is 0 Å². The maximum Gasteiger partial charge on any atom is 0.321 e. The number of amides is 2. The topological polar surface area (TPSA) is 53.6 Å². The molecule has 5 nitrogen and oxygen atoms in total. The van der Waals surface area contributed by atoms with Crippen molar-refractivity contribution in [3.8, 4) is 5.75 Å². The maximum atomic E-state index is 12.0. The van der Waals surface area contributed by atoms with Gasteiger partial charge in [0.05, 0.1) is 7.11 Å². The molecule has 0 radical (unpaired) electrons. The molecule has 1 aliphatic heterocycles. The number of nitrogens with one attached hydrogen (secondary N) is 2. The molecule has 0 saturated carbocycles. The van der Waals surface area contributed by atoms with E-state index in [1.165, 1.54) is 6.42 Å². The largest absolute Gasteiger partial charge is 0.497 e. The van der Waals surface area contributed by atoms with Crippen LogP contribution in [0.1, 0.15) is 12.8 Å². The van der Waals surface area contributed by atoms with Crippen LogP contribution in [-0.2, 0) is 0 Å². The lowest BCUT2D eigenvalue weighted by molar-refractivity contribution is 0.218. The molecule has 1 saturated heterocycles. The van der Waals surface area contributed by atoms with Gasteiger partial charge in [-0.05, 0) is 43.7 Å². The summed E-state index contributed by atoms with van der Waals surface area (Å²) in [7, 11) is 3.44. The van der Waals surface area contributed by atoms with Crippen LogP contribution in [0.25, 0.3) is 0 Å². The van der Waals surface area contributed by atoms with E-state index >= 15 is 0 Å². The van der Waals surface area contributed by atoms with Crippen LogP contribution in [0, 0.1) is 0 Å². The van der Waals surface area contributed by atoms with E-state index in [0.29, 0.717) is 6.04 Å². The number of benzene rings is 1. The summed E-state index contributed by atoms with van der Waals surface area (Å²) in [5.41, 5.74) is 0.775. The molecule has 1 aromatic carbocycles. The number of ether oxygens (including phenoxy) is 1. The lowest BCUT2D eigenvalue weighted by Crippen LogP contribution is -2.40. The lowest BCUT2D eigenvalue weighted by Gasteiger charge is -2.21. The first-order valence-corrected chi connectivity index (χ1v) is 6.58. The average molecular weight is 263 g/mol. The van der Waals surface area contributed by atoms with Crippen LogP contribution < -0.4 is 15.4 Å². The van der Waals surface area contributed by atoms with Gasteiger partial charge in [-0.1, -0.05) is 0 Å². The Bertz CT molecular complexity index is 413. The minimum atomic E-state index is -0.0844. The van der Waals surface area contributed by atoms with Crippen molar-refractivity contribution in [1.82, 2.24) is 10.2 Å². The van der Waals surface area contributed by atoms with Gasteiger partial charge >= 0.3 is 6.03 Å². The summed E-state index contributed by atoms with van der Waals surface area (Å²) in [6, 6.07) is 7.66. The first-order valence-electron chi connectivity index (χ1n) is 6.58. The van der Waals surface area contributed by atoms with Crippen LogP contribution in [0.3, 0.4) is 0 Å². The molecule has 1 fully saturated rings. The lowest BCUT2D eigenvalue weighted by atomic mass is 10.2. The van der Waals surface area contributed by atoms with Gasteiger partial charge in [-0.25, -0.2) is 4.79 Å². The molecule has 1 aromatic rings. The molecule has 0 bridgehead atoms. The van der Waals surface area contributed by atoms with Crippen LogP contribution in [0.5, 0.6) is 5.75 Å². The van der Waals surface area contributed by atoms with Gasteiger partial charge in [0.25, 0.3) is 0 Å². The number of methoxy groups -OCH3 is 1. The van der Waals surface area contributed by atoms with Crippen molar-refractivity contribution >= 4 is 11.7 Å². The molecular formula is C14H21N3O2. The van der Waals surface area contributed by atoms with E-state index in [2.05, 4.69) is 10.6 Å². The molecule has 2 rings (SSSR count). The molecule has 2 N–H and O–H groups in total. The van der Waals surface area contributed by atoms with Gasteiger partial charge in [0.2, 0.25) is 0 Å². The fourth-order valence-electron chi connectivity index (χ4n) is 2.22. The van der Waals surface area contributed by atoms with Gasteiger partial charge in [-0.3, -0.25) is 0 Å². The van der Waals surface area contributed by atoms with E-state index in [9.17, 15) is 4.79 Å². The summed E-state index contributed by atoms with van der Waals surface area (Å²) in [4.78, 5) is 13.7. The number of likely N-dealkylation sites (N-methyl/N-ethyl adjacent to an activating group) is 1. The van der Waals surface area contributed by atoms with E-state index in [1.54, 1.807) is 12.0 Å². The molecule has 104 valence electrons. The number of hydrogen-bond donors (Lipinski definition) is 2. The fraction of sp³-hybridized carbons (Fsp3) is 0.500.